The van der Waals surface area contributed by atoms with Crippen LogP contribution in [0.4, 0.5) is 4.39 Å². The first kappa shape index (κ1) is 18.0. The molecule has 0 saturated heterocycles. The molecule has 0 aliphatic carbocycles. The van der Waals surface area contributed by atoms with E-state index in [-0.39, 0.29) is 5.82 Å². The van der Waals surface area contributed by atoms with Crippen LogP contribution in [0.5, 0.6) is 0 Å². The average Bonchev–Trinajstić information content (AvgIpc) is 3.18. The predicted molar refractivity (Wildman–Crippen MR) is 108 cm³/mol. The molecule has 0 saturated carbocycles. The molecule has 0 fully saturated rings. The highest BCUT2D eigenvalue weighted by Gasteiger charge is 2.14. The van der Waals surface area contributed by atoms with E-state index in [2.05, 4.69) is 18.2 Å². The minimum atomic E-state index is -0.264. The Morgan fingerprint density at radius 3 is 2.63 bits per heavy atom. The van der Waals surface area contributed by atoms with Gasteiger partial charge in [0, 0.05) is 12.6 Å². The van der Waals surface area contributed by atoms with E-state index in [0.717, 1.165) is 28.5 Å². The maximum absolute atomic E-state index is 13.2. The number of fused-ring (bicyclic) bond motifs is 1. The molecule has 0 aliphatic rings. The van der Waals surface area contributed by atoms with E-state index in [1.807, 2.05) is 34.5 Å². The molecule has 4 rings (SSSR count). The Kier molecular flexibility index (Phi) is 4.86. The molecule has 4 aromatic rings. The van der Waals surface area contributed by atoms with E-state index in [1.54, 1.807) is 23.5 Å². The zero-order valence-corrected chi connectivity index (χ0v) is 16.6. The van der Waals surface area contributed by atoms with Gasteiger partial charge in [-0.05, 0) is 48.6 Å². The van der Waals surface area contributed by atoms with E-state index in [1.165, 1.54) is 21.7 Å². The molecule has 5 nitrogen and oxygen atoms in total. The topological polar surface area (TPSA) is 40.1 Å². The molecule has 0 amide bonds. The van der Waals surface area contributed by atoms with Crippen molar-refractivity contribution >= 4 is 33.8 Å². The van der Waals surface area contributed by atoms with Crippen molar-refractivity contribution in [1.82, 2.24) is 19.3 Å². The quantitative estimate of drug-likeness (QED) is 0.524. The van der Waals surface area contributed by atoms with Gasteiger partial charge >= 0.3 is 0 Å². The van der Waals surface area contributed by atoms with Crippen LogP contribution < -0.4 is 4.90 Å². The third-order valence-electron chi connectivity index (χ3n) is 4.35. The van der Waals surface area contributed by atoms with Gasteiger partial charge in [-0.1, -0.05) is 12.1 Å². The minimum Gasteiger partial charge on any atom is -0.313 e. The Labute approximate surface area is 165 Å². The molecular formula is C19H19FN5S2+. The Bertz CT molecular complexity index is 1110. The van der Waals surface area contributed by atoms with Crippen LogP contribution in [0.15, 0.2) is 48.5 Å². The summed E-state index contributed by atoms with van der Waals surface area (Å²) in [7, 11) is 3.98. The van der Waals surface area contributed by atoms with Crippen LogP contribution in [0, 0.1) is 10.6 Å². The fourth-order valence-corrected chi connectivity index (χ4v) is 4.28. The summed E-state index contributed by atoms with van der Waals surface area (Å²) in [6.45, 7) is 1.42. The highest BCUT2D eigenvalue weighted by atomic mass is 32.1. The monoisotopic (exact) mass is 400 g/mol. The summed E-state index contributed by atoms with van der Waals surface area (Å²) in [4.78, 5) is 5.93. The number of halogens is 1. The SMILES string of the molecule is Cn1c(-c2ccc(F)cc2)nn(C[NH+](C)Cc2nc3ccccc3s2)c1=S. The third kappa shape index (κ3) is 3.69. The summed E-state index contributed by atoms with van der Waals surface area (Å²) in [5, 5.41) is 5.74. The molecule has 0 radical (unpaired) electrons. The fraction of sp³-hybridized carbons (Fsp3) is 0.211. The maximum atomic E-state index is 13.2. The lowest BCUT2D eigenvalue weighted by Crippen LogP contribution is -3.07. The van der Waals surface area contributed by atoms with Crippen molar-refractivity contribution in [3.05, 3.63) is 64.1 Å². The first-order valence-corrected chi connectivity index (χ1v) is 9.79. The number of rotatable bonds is 5. The number of hydrogen-bond donors (Lipinski definition) is 1. The molecule has 2 aromatic heterocycles. The number of hydrogen-bond acceptors (Lipinski definition) is 4. The van der Waals surface area contributed by atoms with Gasteiger partial charge in [0.1, 0.15) is 17.4 Å². The largest absolute Gasteiger partial charge is 0.313 e. The smallest absolute Gasteiger partial charge is 0.202 e. The summed E-state index contributed by atoms with van der Waals surface area (Å²) in [6, 6.07) is 14.5. The number of quaternary nitrogens is 1. The van der Waals surface area contributed by atoms with Gasteiger partial charge in [0.25, 0.3) is 0 Å². The van der Waals surface area contributed by atoms with Crippen LogP contribution in [0.25, 0.3) is 21.6 Å². The van der Waals surface area contributed by atoms with Crippen LogP contribution >= 0.6 is 23.6 Å². The Morgan fingerprint density at radius 2 is 1.89 bits per heavy atom. The van der Waals surface area contributed by atoms with E-state index < -0.39 is 0 Å². The van der Waals surface area contributed by atoms with Crippen molar-refractivity contribution < 1.29 is 9.29 Å². The normalized spacial score (nSPS) is 12.6. The molecular weight excluding hydrogens is 381 g/mol. The van der Waals surface area contributed by atoms with Crippen molar-refractivity contribution in [2.24, 2.45) is 7.05 Å². The molecule has 0 spiro atoms. The minimum absolute atomic E-state index is 0.264. The Morgan fingerprint density at radius 1 is 1.15 bits per heavy atom. The van der Waals surface area contributed by atoms with Crippen LogP contribution in [0.2, 0.25) is 0 Å². The standard InChI is InChI=1S/C19H18FN5S2/c1-23(11-17-21-15-5-3-4-6-16(15)27-17)12-25-19(26)24(2)18(22-25)13-7-9-14(20)10-8-13/h3-10H,11-12H2,1-2H3/p+1. The van der Waals surface area contributed by atoms with Crippen molar-refractivity contribution in [2.75, 3.05) is 7.05 Å². The molecule has 0 aliphatic heterocycles. The van der Waals surface area contributed by atoms with Gasteiger partial charge in [-0.25, -0.2) is 9.37 Å². The van der Waals surface area contributed by atoms with E-state index in [4.69, 9.17) is 17.2 Å². The van der Waals surface area contributed by atoms with Crippen LogP contribution in [0.1, 0.15) is 5.01 Å². The molecule has 138 valence electrons. The second-order valence-corrected chi connectivity index (χ2v) is 8.02. The predicted octanol–water partition coefficient (Wildman–Crippen LogP) is 3.04. The molecule has 8 heteroatoms. The number of para-hydroxylation sites is 1. The van der Waals surface area contributed by atoms with Crippen molar-refractivity contribution in [3.63, 3.8) is 0 Å². The van der Waals surface area contributed by atoms with Crippen molar-refractivity contribution in [2.45, 2.75) is 13.2 Å². The molecule has 1 unspecified atom stereocenters. The number of benzene rings is 2. The van der Waals surface area contributed by atoms with Crippen molar-refractivity contribution in [3.8, 4) is 11.4 Å². The second kappa shape index (κ2) is 7.30. The van der Waals surface area contributed by atoms with Gasteiger partial charge in [-0.3, -0.25) is 0 Å². The lowest BCUT2D eigenvalue weighted by Gasteiger charge is -2.11. The van der Waals surface area contributed by atoms with E-state index >= 15 is 0 Å². The zero-order chi connectivity index (χ0) is 19.0. The molecule has 2 heterocycles. The van der Waals surface area contributed by atoms with Gasteiger partial charge in [-0.2, -0.15) is 4.68 Å². The maximum Gasteiger partial charge on any atom is 0.202 e. The van der Waals surface area contributed by atoms with Gasteiger partial charge < -0.3 is 9.47 Å². The Hall–Kier alpha value is -2.42. The average molecular weight is 401 g/mol. The Balaban J connectivity index is 1.54. The number of thiazole rings is 1. The van der Waals surface area contributed by atoms with Crippen molar-refractivity contribution in [1.29, 1.82) is 0 Å². The lowest BCUT2D eigenvalue weighted by atomic mass is 10.2. The van der Waals surface area contributed by atoms with Crippen LogP contribution in [0.3, 0.4) is 0 Å². The van der Waals surface area contributed by atoms with Gasteiger partial charge in [0.15, 0.2) is 12.5 Å². The third-order valence-corrected chi connectivity index (χ3v) is 5.88. The van der Waals surface area contributed by atoms with E-state index in [9.17, 15) is 4.39 Å². The summed E-state index contributed by atoms with van der Waals surface area (Å²) >= 11 is 7.26. The zero-order valence-electron chi connectivity index (χ0n) is 15.0. The van der Waals surface area contributed by atoms with Gasteiger partial charge in [0.2, 0.25) is 4.77 Å². The summed E-state index contributed by atoms with van der Waals surface area (Å²) in [5.41, 5.74) is 1.88. The number of nitrogens with one attached hydrogen (secondary N) is 1. The molecule has 2 aromatic carbocycles. The summed E-state index contributed by atoms with van der Waals surface area (Å²) in [6.07, 6.45) is 0. The number of nitrogens with zero attached hydrogens (tertiary/aromatic N) is 4. The summed E-state index contributed by atoms with van der Waals surface area (Å²) < 4.78 is 18.7. The molecule has 1 N–H and O–H groups in total. The first-order chi connectivity index (χ1) is 13.0. The van der Waals surface area contributed by atoms with Gasteiger partial charge in [-0.15, -0.1) is 16.4 Å². The van der Waals surface area contributed by atoms with Crippen LogP contribution in [-0.2, 0) is 20.3 Å². The highest BCUT2D eigenvalue weighted by molar-refractivity contribution is 7.71. The second-order valence-electron chi connectivity index (χ2n) is 6.54. The first-order valence-electron chi connectivity index (χ1n) is 8.57. The van der Waals surface area contributed by atoms with Gasteiger partial charge in [0.05, 0.1) is 17.3 Å². The molecule has 1 atom stereocenters. The summed E-state index contributed by atoms with van der Waals surface area (Å²) in [5.74, 6) is 0.465. The lowest BCUT2D eigenvalue weighted by molar-refractivity contribution is -0.917. The molecule has 0 bridgehead atoms. The number of aromatic nitrogens is 4. The fourth-order valence-electron chi connectivity index (χ4n) is 3.01. The molecule has 27 heavy (non-hydrogen) atoms. The highest BCUT2D eigenvalue weighted by Crippen LogP contribution is 2.21. The van der Waals surface area contributed by atoms with E-state index in [0.29, 0.717) is 11.4 Å². The van der Waals surface area contributed by atoms with Crippen LogP contribution in [-0.4, -0.2) is 26.4 Å².